The number of halogens is 1. The van der Waals surface area contributed by atoms with Crippen molar-refractivity contribution in [1.29, 1.82) is 0 Å². The quantitative estimate of drug-likeness (QED) is 0.849. The van der Waals surface area contributed by atoms with E-state index in [1.807, 2.05) is 32.0 Å². The lowest BCUT2D eigenvalue weighted by atomic mass is 10.1. The van der Waals surface area contributed by atoms with Crippen molar-refractivity contribution >= 4 is 21.8 Å². The van der Waals surface area contributed by atoms with Gasteiger partial charge in [-0.3, -0.25) is 4.90 Å². The number of sulfonamides is 1. The minimum atomic E-state index is -3.83. The molecular weight excluding hydrogens is 371 g/mol. The number of carbonyl (C=O) groups is 1. The summed E-state index contributed by atoms with van der Waals surface area (Å²) >= 11 is 0. The first kappa shape index (κ1) is 19.3. The minimum absolute atomic E-state index is 0.000566. The fourth-order valence-corrected chi connectivity index (χ4v) is 4.43. The Labute approximate surface area is 158 Å². The molecule has 0 bridgehead atoms. The lowest BCUT2D eigenvalue weighted by molar-refractivity contribution is 0.143. The summed E-state index contributed by atoms with van der Waals surface area (Å²) in [6.07, 6.45) is -1.13. The Balaban J connectivity index is 1.69. The van der Waals surface area contributed by atoms with E-state index in [2.05, 4.69) is 4.72 Å². The first-order valence-corrected chi connectivity index (χ1v) is 9.96. The van der Waals surface area contributed by atoms with E-state index in [0.29, 0.717) is 5.56 Å². The third-order valence-electron chi connectivity index (χ3n) is 4.32. The number of rotatable bonds is 5. The van der Waals surface area contributed by atoms with E-state index in [-0.39, 0.29) is 18.0 Å². The molecule has 8 heteroatoms. The second-order valence-corrected chi connectivity index (χ2v) is 8.46. The van der Waals surface area contributed by atoms with E-state index >= 15 is 0 Å². The van der Waals surface area contributed by atoms with Crippen LogP contribution in [-0.2, 0) is 14.8 Å². The molecule has 6 nitrogen and oxygen atoms in total. The Morgan fingerprint density at radius 1 is 1.15 bits per heavy atom. The highest BCUT2D eigenvalue weighted by molar-refractivity contribution is 7.89. The molecule has 2 aromatic carbocycles. The molecule has 1 fully saturated rings. The predicted molar refractivity (Wildman–Crippen MR) is 99.9 cm³/mol. The predicted octanol–water partition coefficient (Wildman–Crippen LogP) is 3.05. The normalized spacial score (nSPS) is 17.3. The number of nitrogens with zero attached hydrogens (tertiary/aromatic N) is 1. The zero-order chi connectivity index (χ0) is 19.8. The van der Waals surface area contributed by atoms with Crippen LogP contribution in [-0.4, -0.2) is 33.7 Å². The number of aryl methyl sites for hydroxylation is 3. The molecule has 1 aliphatic rings. The van der Waals surface area contributed by atoms with Crippen LogP contribution in [0.25, 0.3) is 0 Å². The van der Waals surface area contributed by atoms with Gasteiger partial charge in [-0.1, -0.05) is 6.07 Å². The molecule has 1 unspecified atom stereocenters. The lowest BCUT2D eigenvalue weighted by Crippen LogP contribution is -2.35. The van der Waals surface area contributed by atoms with Crippen LogP contribution in [0.3, 0.4) is 0 Å². The summed E-state index contributed by atoms with van der Waals surface area (Å²) in [7, 11) is -3.83. The topological polar surface area (TPSA) is 75.7 Å². The Morgan fingerprint density at radius 3 is 2.44 bits per heavy atom. The molecule has 144 valence electrons. The van der Waals surface area contributed by atoms with Gasteiger partial charge in [0.1, 0.15) is 11.9 Å². The van der Waals surface area contributed by atoms with Crippen molar-refractivity contribution in [3.8, 4) is 0 Å². The van der Waals surface area contributed by atoms with Crippen molar-refractivity contribution < 1.29 is 22.3 Å². The maximum atomic E-state index is 13.2. The van der Waals surface area contributed by atoms with Crippen molar-refractivity contribution in [2.75, 3.05) is 18.0 Å². The van der Waals surface area contributed by atoms with Crippen LogP contribution in [0.5, 0.6) is 0 Å². The monoisotopic (exact) mass is 392 g/mol. The molecule has 0 aromatic heterocycles. The van der Waals surface area contributed by atoms with E-state index in [4.69, 9.17) is 4.74 Å². The van der Waals surface area contributed by atoms with Crippen LogP contribution in [0.4, 0.5) is 14.9 Å². The molecule has 1 amide bonds. The molecule has 0 radical (unpaired) electrons. The average Bonchev–Trinajstić information content (AvgIpc) is 2.93. The molecule has 2 aromatic rings. The van der Waals surface area contributed by atoms with Crippen LogP contribution in [0.2, 0.25) is 0 Å². The second kappa shape index (κ2) is 7.28. The lowest BCUT2D eigenvalue weighted by Gasteiger charge is -2.15. The van der Waals surface area contributed by atoms with Crippen LogP contribution in [0.15, 0.2) is 41.3 Å². The number of nitrogens with one attached hydrogen (secondary N) is 1. The number of carbonyl (C=O) groups excluding carboxylic acids is 1. The van der Waals surface area contributed by atoms with Gasteiger partial charge >= 0.3 is 6.09 Å². The van der Waals surface area contributed by atoms with Gasteiger partial charge in [0.05, 0.1) is 11.4 Å². The molecule has 0 saturated carbocycles. The maximum absolute atomic E-state index is 13.2. The first-order valence-electron chi connectivity index (χ1n) is 8.48. The van der Waals surface area contributed by atoms with Crippen LogP contribution >= 0.6 is 0 Å². The summed E-state index contributed by atoms with van der Waals surface area (Å²) in [5.74, 6) is -0.500. The van der Waals surface area contributed by atoms with E-state index in [0.717, 1.165) is 28.9 Å². The molecule has 1 saturated heterocycles. The Bertz CT molecular complexity index is 971. The van der Waals surface area contributed by atoms with Gasteiger partial charge in [0, 0.05) is 12.2 Å². The van der Waals surface area contributed by atoms with E-state index in [1.165, 1.54) is 17.9 Å². The third-order valence-corrected chi connectivity index (χ3v) is 5.90. The highest BCUT2D eigenvalue weighted by Crippen LogP contribution is 2.24. The highest BCUT2D eigenvalue weighted by Gasteiger charge is 2.33. The van der Waals surface area contributed by atoms with Gasteiger partial charge < -0.3 is 4.74 Å². The molecule has 3 rings (SSSR count). The highest BCUT2D eigenvalue weighted by atomic mass is 32.2. The molecule has 0 spiro atoms. The summed E-state index contributed by atoms with van der Waals surface area (Å²) in [4.78, 5) is 13.7. The number of cyclic esters (lactones) is 1. The number of benzene rings is 2. The van der Waals surface area contributed by atoms with Crippen molar-refractivity contribution in [2.24, 2.45) is 0 Å². The molecule has 1 N–H and O–H groups in total. The molecule has 1 aliphatic heterocycles. The SMILES string of the molecule is Cc1cc(C)cc(N2CC(CNS(=O)(=O)c3ccc(F)cc3C)OC2=O)c1. The average molecular weight is 392 g/mol. The molecule has 1 atom stereocenters. The number of hydrogen-bond donors (Lipinski definition) is 1. The van der Waals surface area contributed by atoms with Gasteiger partial charge in [-0.25, -0.2) is 22.3 Å². The largest absolute Gasteiger partial charge is 0.443 e. The Hall–Kier alpha value is -2.45. The third kappa shape index (κ3) is 4.28. The Kier molecular flexibility index (Phi) is 5.21. The number of anilines is 1. The van der Waals surface area contributed by atoms with Crippen LogP contribution < -0.4 is 9.62 Å². The minimum Gasteiger partial charge on any atom is -0.443 e. The maximum Gasteiger partial charge on any atom is 0.414 e. The summed E-state index contributed by atoms with van der Waals surface area (Å²) < 4.78 is 45.8. The molecular formula is C19H21FN2O4S. The molecule has 1 heterocycles. The van der Waals surface area contributed by atoms with Gasteiger partial charge in [-0.2, -0.15) is 0 Å². The van der Waals surface area contributed by atoms with Crippen LogP contribution in [0.1, 0.15) is 16.7 Å². The van der Waals surface area contributed by atoms with Crippen molar-refractivity contribution in [3.05, 3.63) is 58.9 Å². The summed E-state index contributed by atoms with van der Waals surface area (Å²) in [5.41, 5.74) is 3.07. The summed E-state index contributed by atoms with van der Waals surface area (Å²) in [5, 5.41) is 0. The van der Waals surface area contributed by atoms with Gasteiger partial charge in [-0.05, 0) is 67.8 Å². The van der Waals surface area contributed by atoms with Crippen LogP contribution in [0, 0.1) is 26.6 Å². The number of amides is 1. The first-order chi connectivity index (χ1) is 12.7. The number of hydrogen-bond acceptors (Lipinski definition) is 4. The molecule has 27 heavy (non-hydrogen) atoms. The van der Waals surface area contributed by atoms with Crippen molar-refractivity contribution in [2.45, 2.75) is 31.8 Å². The number of ether oxygens (including phenoxy) is 1. The summed E-state index contributed by atoms with van der Waals surface area (Å²) in [6.45, 7) is 5.58. The van der Waals surface area contributed by atoms with E-state index < -0.39 is 28.0 Å². The standard InChI is InChI=1S/C19H21FN2O4S/c1-12-6-13(2)8-16(7-12)22-11-17(26-19(22)23)10-21-27(24,25)18-5-4-15(20)9-14(18)3/h4-9,17,21H,10-11H2,1-3H3. The fourth-order valence-electron chi connectivity index (χ4n) is 3.14. The van der Waals surface area contributed by atoms with Gasteiger partial charge in [-0.15, -0.1) is 0 Å². The van der Waals surface area contributed by atoms with Gasteiger partial charge in [0.15, 0.2) is 0 Å². The van der Waals surface area contributed by atoms with E-state index in [9.17, 15) is 17.6 Å². The summed E-state index contributed by atoms with van der Waals surface area (Å²) in [6, 6.07) is 9.23. The Morgan fingerprint density at radius 2 is 1.81 bits per heavy atom. The smallest absolute Gasteiger partial charge is 0.414 e. The zero-order valence-electron chi connectivity index (χ0n) is 15.3. The van der Waals surface area contributed by atoms with Gasteiger partial charge in [0.2, 0.25) is 10.0 Å². The van der Waals surface area contributed by atoms with E-state index in [1.54, 1.807) is 0 Å². The second-order valence-electron chi connectivity index (χ2n) is 6.72. The fraction of sp³-hybridized carbons (Fsp3) is 0.316. The zero-order valence-corrected chi connectivity index (χ0v) is 16.1. The van der Waals surface area contributed by atoms with Crippen molar-refractivity contribution in [1.82, 2.24) is 4.72 Å². The molecule has 0 aliphatic carbocycles. The van der Waals surface area contributed by atoms with Gasteiger partial charge in [0.25, 0.3) is 0 Å². The van der Waals surface area contributed by atoms with Crippen molar-refractivity contribution in [3.63, 3.8) is 0 Å².